The molecule has 0 radical (unpaired) electrons. The van der Waals surface area contributed by atoms with Gasteiger partial charge in [-0.25, -0.2) is 17.8 Å². The Labute approximate surface area is 178 Å². The number of unbranched alkanes of at least 4 members (excludes halogenated alkanes) is 1. The molecule has 0 atom stereocenters. The molecule has 0 aliphatic heterocycles. The topological polar surface area (TPSA) is 132 Å². The Bertz CT molecular complexity index is 1280. The monoisotopic (exact) mass is 442 g/mol. The Hall–Kier alpha value is -3.52. The fourth-order valence-electron chi connectivity index (χ4n) is 3.22. The SMILES string of the molecule is N#CCCCS(=O)(=O)Nc1ccc(-c2nc(N(C=O)C3CC3)nc3[nH]ccc23)cc1F. The van der Waals surface area contributed by atoms with Gasteiger partial charge in [-0.05, 0) is 37.5 Å². The molecule has 0 unspecified atom stereocenters. The molecule has 2 aromatic heterocycles. The van der Waals surface area contributed by atoms with E-state index in [0.29, 0.717) is 28.7 Å². The number of halogens is 1. The zero-order valence-electron chi connectivity index (χ0n) is 16.4. The molecule has 11 heteroatoms. The third-order valence-corrected chi connectivity index (χ3v) is 6.26. The predicted molar refractivity (Wildman–Crippen MR) is 113 cm³/mol. The minimum atomic E-state index is -3.77. The van der Waals surface area contributed by atoms with E-state index in [2.05, 4.69) is 19.7 Å². The number of nitrogens with zero attached hydrogens (tertiary/aromatic N) is 4. The maximum atomic E-state index is 14.7. The molecule has 1 fully saturated rings. The standard InChI is InChI=1S/C20H19FN6O3S/c21-16-11-13(3-6-17(16)26-31(29,30)10-2-1-8-22)18-15-7-9-23-19(15)25-20(24-18)27(12-28)14-4-5-14/h3,6-7,9,11-12,14,26H,1-2,4-5,10H2,(H,23,24,25). The van der Waals surface area contributed by atoms with Crippen molar-refractivity contribution < 1.29 is 17.6 Å². The van der Waals surface area contributed by atoms with Crippen molar-refractivity contribution in [2.45, 2.75) is 31.7 Å². The average Bonchev–Trinajstić information content (AvgIpc) is 3.45. The number of nitrogens with one attached hydrogen (secondary N) is 2. The smallest absolute Gasteiger partial charge is 0.234 e. The van der Waals surface area contributed by atoms with E-state index in [4.69, 9.17) is 5.26 Å². The van der Waals surface area contributed by atoms with Gasteiger partial charge >= 0.3 is 0 Å². The van der Waals surface area contributed by atoms with Crippen LogP contribution in [0, 0.1) is 17.1 Å². The van der Waals surface area contributed by atoms with Gasteiger partial charge in [0.1, 0.15) is 11.5 Å². The third-order valence-electron chi connectivity index (χ3n) is 4.90. The van der Waals surface area contributed by atoms with Crippen LogP contribution in [0.4, 0.5) is 16.0 Å². The first-order valence-corrected chi connectivity index (χ1v) is 11.3. The van der Waals surface area contributed by atoms with E-state index in [1.165, 1.54) is 17.0 Å². The fraction of sp³-hybridized carbons (Fsp3) is 0.300. The number of H-pyrrole nitrogens is 1. The molecule has 3 aromatic rings. The summed E-state index contributed by atoms with van der Waals surface area (Å²) in [6.07, 6.45) is 4.38. The van der Waals surface area contributed by atoms with Crippen molar-refractivity contribution in [2.24, 2.45) is 0 Å². The molecule has 31 heavy (non-hydrogen) atoms. The summed E-state index contributed by atoms with van der Waals surface area (Å²) in [5, 5.41) is 9.19. The number of rotatable bonds is 9. The largest absolute Gasteiger partial charge is 0.346 e. The van der Waals surface area contributed by atoms with E-state index >= 15 is 0 Å². The third kappa shape index (κ3) is 4.49. The Balaban J connectivity index is 1.67. The van der Waals surface area contributed by atoms with Gasteiger partial charge in [0.25, 0.3) is 0 Å². The number of hydrogen-bond acceptors (Lipinski definition) is 6. The number of hydrogen-bond donors (Lipinski definition) is 2. The number of sulfonamides is 1. The average molecular weight is 442 g/mol. The lowest BCUT2D eigenvalue weighted by Gasteiger charge is -2.16. The van der Waals surface area contributed by atoms with Crippen molar-refractivity contribution in [3.05, 3.63) is 36.3 Å². The van der Waals surface area contributed by atoms with E-state index in [9.17, 15) is 17.6 Å². The first-order chi connectivity index (χ1) is 14.9. The summed E-state index contributed by atoms with van der Waals surface area (Å²) in [6.45, 7) is 0. The molecule has 1 saturated carbocycles. The summed E-state index contributed by atoms with van der Waals surface area (Å²) in [5.74, 6) is -0.811. The van der Waals surface area contributed by atoms with E-state index in [1.54, 1.807) is 18.3 Å². The van der Waals surface area contributed by atoms with Crippen LogP contribution < -0.4 is 9.62 Å². The van der Waals surface area contributed by atoms with Crippen LogP contribution in [0.3, 0.4) is 0 Å². The number of amides is 1. The maximum absolute atomic E-state index is 14.7. The lowest BCUT2D eigenvalue weighted by Crippen LogP contribution is -2.25. The van der Waals surface area contributed by atoms with Gasteiger partial charge in [-0.15, -0.1) is 0 Å². The second-order valence-electron chi connectivity index (χ2n) is 7.23. The van der Waals surface area contributed by atoms with Crippen LogP contribution in [0.2, 0.25) is 0 Å². The van der Waals surface area contributed by atoms with Crippen molar-refractivity contribution in [1.82, 2.24) is 15.0 Å². The molecule has 0 spiro atoms. The Morgan fingerprint density at radius 1 is 1.32 bits per heavy atom. The zero-order valence-corrected chi connectivity index (χ0v) is 17.2. The number of benzene rings is 1. The van der Waals surface area contributed by atoms with Crippen LogP contribution >= 0.6 is 0 Å². The Morgan fingerprint density at radius 3 is 2.81 bits per heavy atom. The molecular formula is C20H19FN6O3S. The predicted octanol–water partition coefficient (Wildman–Crippen LogP) is 2.93. The lowest BCUT2D eigenvalue weighted by atomic mass is 10.1. The van der Waals surface area contributed by atoms with Gasteiger partial charge in [0.05, 0.1) is 23.2 Å². The highest BCUT2D eigenvalue weighted by Gasteiger charge is 2.31. The van der Waals surface area contributed by atoms with Gasteiger partial charge in [-0.2, -0.15) is 10.2 Å². The number of carbonyl (C=O) groups excluding carboxylic acids is 1. The zero-order chi connectivity index (χ0) is 22.0. The van der Waals surface area contributed by atoms with Crippen molar-refractivity contribution in [2.75, 3.05) is 15.4 Å². The van der Waals surface area contributed by atoms with Gasteiger partial charge in [0.2, 0.25) is 22.4 Å². The molecule has 0 saturated heterocycles. The Morgan fingerprint density at radius 2 is 2.13 bits per heavy atom. The van der Waals surface area contributed by atoms with Crippen LogP contribution in [0.1, 0.15) is 25.7 Å². The van der Waals surface area contributed by atoms with E-state index in [0.717, 1.165) is 12.8 Å². The van der Waals surface area contributed by atoms with Crippen LogP contribution in [-0.2, 0) is 14.8 Å². The first-order valence-electron chi connectivity index (χ1n) is 9.68. The minimum absolute atomic E-state index is 0.0623. The summed E-state index contributed by atoms with van der Waals surface area (Å²) in [7, 11) is -3.77. The van der Waals surface area contributed by atoms with Gasteiger partial charge in [-0.3, -0.25) is 14.4 Å². The molecule has 1 aliphatic carbocycles. The number of aromatic nitrogens is 3. The van der Waals surface area contributed by atoms with Crippen LogP contribution in [0.25, 0.3) is 22.3 Å². The molecule has 9 nitrogen and oxygen atoms in total. The highest BCUT2D eigenvalue weighted by atomic mass is 32.2. The highest BCUT2D eigenvalue weighted by molar-refractivity contribution is 7.92. The number of fused-ring (bicyclic) bond motifs is 1. The Kier molecular flexibility index (Phi) is 5.56. The van der Waals surface area contributed by atoms with Crippen LogP contribution in [0.5, 0.6) is 0 Å². The van der Waals surface area contributed by atoms with Crippen LogP contribution in [-0.4, -0.2) is 41.6 Å². The number of anilines is 2. The summed E-state index contributed by atoms with van der Waals surface area (Å²) < 4.78 is 41.1. The lowest BCUT2D eigenvalue weighted by molar-refractivity contribution is -0.107. The van der Waals surface area contributed by atoms with E-state index < -0.39 is 15.8 Å². The van der Waals surface area contributed by atoms with Gasteiger partial charge in [-0.1, -0.05) is 6.07 Å². The fourth-order valence-corrected chi connectivity index (χ4v) is 4.35. The number of aromatic amines is 1. The second kappa shape index (κ2) is 8.31. The van der Waals surface area contributed by atoms with Gasteiger partial charge in [0, 0.05) is 29.6 Å². The van der Waals surface area contributed by atoms with Gasteiger partial charge < -0.3 is 4.98 Å². The summed E-state index contributed by atoms with van der Waals surface area (Å²) >= 11 is 0. The highest BCUT2D eigenvalue weighted by Crippen LogP contribution is 2.33. The molecule has 160 valence electrons. The minimum Gasteiger partial charge on any atom is -0.346 e. The molecular weight excluding hydrogens is 423 g/mol. The van der Waals surface area contributed by atoms with Crippen molar-refractivity contribution >= 4 is 39.1 Å². The number of carbonyl (C=O) groups is 1. The number of nitriles is 1. The molecule has 1 aromatic carbocycles. The molecule has 2 N–H and O–H groups in total. The normalized spacial score (nSPS) is 13.7. The van der Waals surface area contributed by atoms with E-state index in [-0.39, 0.29) is 36.3 Å². The maximum Gasteiger partial charge on any atom is 0.234 e. The second-order valence-corrected chi connectivity index (χ2v) is 9.08. The molecule has 0 bridgehead atoms. The molecule has 4 rings (SSSR count). The van der Waals surface area contributed by atoms with Gasteiger partial charge in [0.15, 0.2) is 0 Å². The summed E-state index contributed by atoms with van der Waals surface area (Å²) in [4.78, 5) is 24.9. The molecule has 1 amide bonds. The molecule has 1 aliphatic rings. The summed E-state index contributed by atoms with van der Waals surface area (Å²) in [5.41, 5.74) is 1.17. The summed E-state index contributed by atoms with van der Waals surface area (Å²) in [6, 6.07) is 7.75. The van der Waals surface area contributed by atoms with Crippen LogP contribution in [0.15, 0.2) is 30.5 Å². The van der Waals surface area contributed by atoms with Crippen molar-refractivity contribution in [1.29, 1.82) is 5.26 Å². The quantitative estimate of drug-likeness (QED) is 0.387. The van der Waals surface area contributed by atoms with Crippen molar-refractivity contribution in [3.63, 3.8) is 0 Å². The van der Waals surface area contributed by atoms with E-state index in [1.807, 2.05) is 6.07 Å². The first kappa shape index (κ1) is 20.7. The van der Waals surface area contributed by atoms with Crippen molar-refractivity contribution in [3.8, 4) is 17.3 Å². The molecule has 2 heterocycles.